The van der Waals surface area contributed by atoms with Crippen LogP contribution < -0.4 is 0 Å². The monoisotopic (exact) mass is 891 g/mol. The van der Waals surface area contributed by atoms with E-state index in [1.807, 2.05) is 0 Å². The second-order valence-corrected chi connectivity index (χ2v) is 21.1. The Morgan fingerprint density at radius 1 is 0.313 bits per heavy atom. The number of unbranched alkanes of at least 4 members (excludes halogenated alkanes) is 12. The molecule has 0 heterocycles. The van der Waals surface area contributed by atoms with E-state index in [2.05, 4.69) is 166 Å². The van der Waals surface area contributed by atoms with Gasteiger partial charge < -0.3 is 0 Å². The Bertz CT molecular complexity index is 2310. The van der Waals surface area contributed by atoms with Gasteiger partial charge in [-0.15, -0.1) is 0 Å². The summed E-state index contributed by atoms with van der Waals surface area (Å²) in [5.41, 5.74) is 27.7. The number of fused-ring (bicyclic) bond motifs is 3. The number of hydrogen-bond donors (Lipinski definition) is 0. The Morgan fingerprint density at radius 2 is 0.612 bits per heavy atom. The maximum Gasteiger partial charge on any atom is 0.0714 e. The smallest absolute Gasteiger partial charge is 0.0654 e. The zero-order chi connectivity index (χ0) is 47.5. The van der Waals surface area contributed by atoms with Gasteiger partial charge in [-0.05, 0) is 205 Å². The summed E-state index contributed by atoms with van der Waals surface area (Å²) in [6.45, 7) is 23.1. The van der Waals surface area contributed by atoms with Gasteiger partial charge in [-0.25, -0.2) is 0 Å². The lowest BCUT2D eigenvalue weighted by Gasteiger charge is -2.36. The Morgan fingerprint density at radius 3 is 0.896 bits per heavy atom. The van der Waals surface area contributed by atoms with Gasteiger partial charge in [0.15, 0.2) is 0 Å². The molecule has 0 N–H and O–H groups in total. The number of hydrogen-bond acceptors (Lipinski definition) is 0. The molecule has 1 aliphatic carbocycles. The summed E-state index contributed by atoms with van der Waals surface area (Å²) in [5, 5.41) is 0. The van der Waals surface area contributed by atoms with Gasteiger partial charge in [0.2, 0.25) is 0 Å². The molecule has 0 bridgehead atoms. The lowest BCUT2D eigenvalue weighted by Crippen LogP contribution is -2.30. The molecule has 0 aliphatic heterocycles. The van der Waals surface area contributed by atoms with Crippen LogP contribution in [0.2, 0.25) is 0 Å². The first-order valence-electron chi connectivity index (χ1n) is 27.2. The fraction of sp³-hybridized carbons (Fsp3) is 0.463. The van der Waals surface area contributed by atoms with E-state index in [-0.39, 0.29) is 0 Å². The summed E-state index contributed by atoms with van der Waals surface area (Å²) < 4.78 is 0. The highest BCUT2D eigenvalue weighted by Crippen LogP contribution is 2.58. The highest BCUT2D eigenvalue weighted by atomic mass is 14.5. The molecule has 6 aromatic rings. The van der Waals surface area contributed by atoms with Crippen LogP contribution in [0.1, 0.15) is 208 Å². The maximum atomic E-state index is 2.69. The van der Waals surface area contributed by atoms with E-state index < -0.39 is 5.41 Å². The Kier molecular flexibility index (Phi) is 17.7. The zero-order valence-corrected chi connectivity index (χ0v) is 43.9. The van der Waals surface area contributed by atoms with Crippen LogP contribution >= 0.6 is 0 Å². The van der Waals surface area contributed by atoms with Gasteiger partial charge in [0, 0.05) is 0 Å². The molecule has 0 saturated carbocycles. The molecule has 0 heteroatoms. The standard InChI is InChI=1S/C67H86/c1-11-15-19-23-27-53-39-54(28-24-20-16-12-2)42-59(41-53)67(60-43-55(29-25-21-17-13-3)40-56(44-60)30-26-22-18-14-4)63-45-57(65-49(7)35-47(5)36-50(65)8)31-33-61(63)62-34-32-58(46-64(62)67)66-51(9)37-48(6)38-52(66)10/h31-46H,11-30H2,1-10H3. The van der Waals surface area contributed by atoms with Crippen LogP contribution in [0.4, 0.5) is 0 Å². The van der Waals surface area contributed by atoms with Crippen molar-refractivity contribution in [3.8, 4) is 33.4 Å². The second kappa shape index (κ2) is 23.6. The van der Waals surface area contributed by atoms with Crippen LogP contribution in [0, 0.1) is 41.5 Å². The van der Waals surface area contributed by atoms with Crippen molar-refractivity contribution in [2.24, 2.45) is 0 Å². The van der Waals surface area contributed by atoms with Crippen molar-refractivity contribution in [2.75, 3.05) is 0 Å². The molecule has 354 valence electrons. The molecule has 0 aromatic heterocycles. The van der Waals surface area contributed by atoms with Gasteiger partial charge in [0.1, 0.15) is 0 Å². The quantitative estimate of drug-likeness (QED) is 0.0530. The lowest BCUT2D eigenvalue weighted by atomic mass is 9.65. The van der Waals surface area contributed by atoms with Crippen LogP contribution in [0.15, 0.2) is 97.1 Å². The van der Waals surface area contributed by atoms with Gasteiger partial charge in [-0.3, -0.25) is 0 Å². The Labute approximate surface area is 409 Å². The summed E-state index contributed by atoms with van der Waals surface area (Å²) in [7, 11) is 0. The summed E-state index contributed by atoms with van der Waals surface area (Å²) in [6, 6.07) is 40.8. The van der Waals surface area contributed by atoms with Crippen molar-refractivity contribution >= 4 is 0 Å². The van der Waals surface area contributed by atoms with Crippen molar-refractivity contribution in [1.82, 2.24) is 0 Å². The molecule has 0 nitrogen and oxygen atoms in total. The molecule has 0 spiro atoms. The molecule has 0 atom stereocenters. The first-order valence-corrected chi connectivity index (χ1v) is 27.2. The van der Waals surface area contributed by atoms with Gasteiger partial charge in [0.25, 0.3) is 0 Å². The normalized spacial score (nSPS) is 12.7. The van der Waals surface area contributed by atoms with Crippen molar-refractivity contribution in [3.63, 3.8) is 0 Å². The van der Waals surface area contributed by atoms with E-state index in [9.17, 15) is 0 Å². The first-order chi connectivity index (χ1) is 32.5. The Hall–Kier alpha value is -4.68. The van der Waals surface area contributed by atoms with E-state index in [1.54, 1.807) is 0 Å². The van der Waals surface area contributed by atoms with Crippen LogP contribution in [-0.2, 0) is 31.1 Å². The summed E-state index contributed by atoms with van der Waals surface area (Å²) >= 11 is 0. The molecule has 1 aliphatic rings. The minimum Gasteiger partial charge on any atom is -0.0654 e. The van der Waals surface area contributed by atoms with Crippen LogP contribution in [0.5, 0.6) is 0 Å². The Balaban J connectivity index is 1.60. The number of rotatable bonds is 24. The van der Waals surface area contributed by atoms with Crippen LogP contribution in [0.3, 0.4) is 0 Å². The second-order valence-electron chi connectivity index (χ2n) is 21.1. The minimum absolute atomic E-state index is 0.509. The topological polar surface area (TPSA) is 0 Å². The summed E-state index contributed by atoms with van der Waals surface area (Å²) in [5.74, 6) is 0. The van der Waals surface area contributed by atoms with Crippen molar-refractivity contribution < 1.29 is 0 Å². The zero-order valence-electron chi connectivity index (χ0n) is 43.9. The average Bonchev–Trinajstić information content (AvgIpc) is 3.58. The summed E-state index contributed by atoms with van der Waals surface area (Å²) in [6.07, 6.45) is 25.0. The number of benzene rings is 6. The third-order valence-corrected chi connectivity index (χ3v) is 15.3. The molecule has 0 fully saturated rings. The van der Waals surface area contributed by atoms with Crippen molar-refractivity contribution in [2.45, 2.75) is 203 Å². The summed E-state index contributed by atoms with van der Waals surface area (Å²) in [4.78, 5) is 0. The first kappa shape index (κ1) is 50.2. The SMILES string of the molecule is CCCCCCc1cc(CCCCCC)cc(C2(c3cc(CCCCCC)cc(CCCCCC)c3)c3cc(-c4c(C)cc(C)cc4C)ccc3-c3ccc(-c4c(C)cc(C)cc4C)cc32)c1. The molecule has 67 heavy (non-hydrogen) atoms. The van der Waals surface area contributed by atoms with E-state index in [4.69, 9.17) is 0 Å². The molecule has 0 radical (unpaired) electrons. The predicted octanol–water partition coefficient (Wildman–Crippen LogP) is 19.7. The minimum atomic E-state index is -0.509. The average molecular weight is 891 g/mol. The fourth-order valence-corrected chi connectivity index (χ4v) is 12.3. The highest BCUT2D eigenvalue weighted by Gasteiger charge is 2.47. The van der Waals surface area contributed by atoms with E-state index in [0.29, 0.717) is 0 Å². The van der Waals surface area contributed by atoms with Gasteiger partial charge >= 0.3 is 0 Å². The van der Waals surface area contributed by atoms with Crippen molar-refractivity contribution in [1.29, 1.82) is 0 Å². The molecular weight excluding hydrogens is 805 g/mol. The third kappa shape index (κ3) is 11.4. The van der Waals surface area contributed by atoms with E-state index >= 15 is 0 Å². The molecule has 6 aromatic carbocycles. The van der Waals surface area contributed by atoms with E-state index in [1.165, 1.54) is 214 Å². The fourth-order valence-electron chi connectivity index (χ4n) is 12.3. The molecule has 0 amide bonds. The van der Waals surface area contributed by atoms with Crippen molar-refractivity contribution in [3.05, 3.63) is 175 Å². The molecule has 7 rings (SSSR count). The van der Waals surface area contributed by atoms with Gasteiger partial charge in [0.05, 0.1) is 5.41 Å². The van der Waals surface area contributed by atoms with Crippen LogP contribution in [0.25, 0.3) is 33.4 Å². The van der Waals surface area contributed by atoms with Gasteiger partial charge in [-0.1, -0.05) is 201 Å². The van der Waals surface area contributed by atoms with Gasteiger partial charge in [-0.2, -0.15) is 0 Å². The molecular formula is C67H86. The molecule has 0 saturated heterocycles. The van der Waals surface area contributed by atoms with Crippen LogP contribution in [-0.4, -0.2) is 0 Å². The maximum absolute atomic E-state index is 2.69. The van der Waals surface area contributed by atoms with E-state index in [0.717, 1.165) is 25.7 Å². The number of aryl methyl sites for hydroxylation is 10. The largest absolute Gasteiger partial charge is 0.0714 e. The highest BCUT2D eigenvalue weighted by molar-refractivity contribution is 5.91. The lowest BCUT2D eigenvalue weighted by molar-refractivity contribution is 0.655. The molecule has 0 unspecified atom stereocenters. The third-order valence-electron chi connectivity index (χ3n) is 15.3. The predicted molar refractivity (Wildman–Crippen MR) is 294 cm³/mol.